The zero-order valence-corrected chi connectivity index (χ0v) is 19.9. The number of hydrogen-bond acceptors (Lipinski definition) is 0. The molecule has 1 aliphatic rings. The van der Waals surface area contributed by atoms with Gasteiger partial charge in [-0.15, -0.1) is 55.9 Å². The van der Waals surface area contributed by atoms with Gasteiger partial charge < -0.3 is 24.8 Å². The first-order valence-corrected chi connectivity index (χ1v) is 10.2. The van der Waals surface area contributed by atoms with E-state index in [4.69, 9.17) is 0 Å². The second kappa shape index (κ2) is 11.2. The Hall–Kier alpha value is -1.14. The number of fused-ring (bicyclic) bond motifs is 2. The summed E-state index contributed by atoms with van der Waals surface area (Å²) in [4.78, 5) is 0. The van der Waals surface area contributed by atoms with E-state index in [9.17, 15) is 0 Å². The van der Waals surface area contributed by atoms with E-state index in [1.165, 1.54) is 38.0 Å². The number of hydrogen-bond donors (Lipinski definition) is 0. The molecule has 0 spiro atoms. The van der Waals surface area contributed by atoms with Crippen molar-refractivity contribution < 1.29 is 46.5 Å². The largest absolute Gasteiger partial charge is 4.00 e. The van der Waals surface area contributed by atoms with Gasteiger partial charge in [0.05, 0.1) is 0 Å². The molecule has 0 amide bonds. The van der Waals surface area contributed by atoms with Crippen LogP contribution in [-0.4, -0.2) is 0 Å². The molecule has 4 heteroatoms. The van der Waals surface area contributed by atoms with E-state index in [-0.39, 0.29) is 54.1 Å². The Bertz CT molecular complexity index is 948. The van der Waals surface area contributed by atoms with Gasteiger partial charge in [-0.25, -0.2) is 11.1 Å². The third-order valence-electron chi connectivity index (χ3n) is 4.82. The average molecular weight is 459 g/mol. The van der Waals surface area contributed by atoms with E-state index < -0.39 is 0 Å². The monoisotopic (exact) mass is 458 g/mol. The molecule has 140 valence electrons. The minimum absolute atomic E-state index is 0. The molecule has 1 aromatic heterocycles. The summed E-state index contributed by atoms with van der Waals surface area (Å²) >= 11 is 0. The molecular formula is C24H21Cl2PTi. The summed E-state index contributed by atoms with van der Waals surface area (Å²) in [6, 6.07) is 21.9. The molecule has 0 atom stereocenters. The molecule has 0 bridgehead atoms. The quantitative estimate of drug-likeness (QED) is 0.301. The van der Waals surface area contributed by atoms with Crippen molar-refractivity contribution in [2.75, 3.05) is 0 Å². The average Bonchev–Trinajstić information content (AvgIpc) is 3.33. The van der Waals surface area contributed by atoms with E-state index in [0.717, 1.165) is 6.42 Å². The number of benzene rings is 2. The summed E-state index contributed by atoms with van der Waals surface area (Å²) < 4.78 is 0. The summed E-state index contributed by atoms with van der Waals surface area (Å²) in [6.07, 6.45) is 6.41. The summed E-state index contributed by atoms with van der Waals surface area (Å²) in [5, 5.41) is 6.94. The van der Waals surface area contributed by atoms with Crippen LogP contribution in [0.3, 0.4) is 0 Å². The van der Waals surface area contributed by atoms with Gasteiger partial charge in [-0.2, -0.15) is 12.1 Å². The number of halogens is 2. The molecule has 0 saturated heterocycles. The third kappa shape index (κ3) is 5.47. The molecule has 1 aliphatic carbocycles. The van der Waals surface area contributed by atoms with Crippen LogP contribution in [0, 0.1) is 6.08 Å². The smallest absolute Gasteiger partial charge is 1.00 e. The molecule has 0 unspecified atom stereocenters. The van der Waals surface area contributed by atoms with Gasteiger partial charge in [-0.3, -0.25) is 6.08 Å². The summed E-state index contributed by atoms with van der Waals surface area (Å²) in [6.45, 7) is 4.22. The Morgan fingerprint density at radius 3 is 1.89 bits per heavy atom. The van der Waals surface area contributed by atoms with Crippen LogP contribution in [0.1, 0.15) is 20.3 Å². The summed E-state index contributed by atoms with van der Waals surface area (Å²) in [5.41, 5.74) is 2.71. The molecule has 4 aromatic rings. The van der Waals surface area contributed by atoms with Crippen LogP contribution in [0.2, 0.25) is 0 Å². The van der Waals surface area contributed by atoms with Gasteiger partial charge in [0, 0.05) is 0 Å². The first-order chi connectivity index (χ1) is 12.2. The van der Waals surface area contributed by atoms with Crippen LogP contribution in [0.15, 0.2) is 89.5 Å². The maximum Gasteiger partial charge on any atom is 4.00 e. The number of allylic oxidation sites excluding steroid dienone is 4. The molecule has 28 heavy (non-hydrogen) atoms. The Morgan fingerprint density at radius 2 is 1.43 bits per heavy atom. The molecule has 0 aliphatic heterocycles. The van der Waals surface area contributed by atoms with Gasteiger partial charge in [0.1, 0.15) is 0 Å². The summed E-state index contributed by atoms with van der Waals surface area (Å²) in [5.74, 6) is 4.83. The SMILES string of the molecule is CC1=[C-]CC=C1C.[Cl-].[Cl-].[Ti+4].c1ccc2cp(-c3cc4ccccc4[cH-]3)cc2c1. The minimum Gasteiger partial charge on any atom is -1.00 e. The molecule has 1 heterocycles. The Labute approximate surface area is 195 Å². The van der Waals surface area contributed by atoms with Crippen LogP contribution >= 0.6 is 7.53 Å². The van der Waals surface area contributed by atoms with E-state index in [1.807, 2.05) is 0 Å². The number of rotatable bonds is 1. The predicted molar refractivity (Wildman–Crippen MR) is 112 cm³/mol. The van der Waals surface area contributed by atoms with Crippen LogP contribution < -0.4 is 24.8 Å². The first kappa shape index (κ1) is 24.9. The van der Waals surface area contributed by atoms with Crippen LogP contribution in [0.5, 0.6) is 0 Å². The molecule has 3 aromatic carbocycles. The Kier molecular flexibility index (Phi) is 9.92. The third-order valence-corrected chi connectivity index (χ3v) is 6.79. The molecule has 5 rings (SSSR count). The fourth-order valence-electron chi connectivity index (χ4n) is 3.16. The van der Waals surface area contributed by atoms with Gasteiger partial charge in [0.25, 0.3) is 0 Å². The molecule has 0 saturated carbocycles. The van der Waals surface area contributed by atoms with Crippen molar-refractivity contribution in [3.05, 3.63) is 95.6 Å². The van der Waals surface area contributed by atoms with Crippen molar-refractivity contribution in [2.24, 2.45) is 0 Å². The van der Waals surface area contributed by atoms with Gasteiger partial charge in [-0.05, 0) is 22.4 Å². The van der Waals surface area contributed by atoms with Crippen molar-refractivity contribution in [3.63, 3.8) is 0 Å². The van der Waals surface area contributed by atoms with Crippen LogP contribution in [-0.2, 0) is 21.7 Å². The van der Waals surface area contributed by atoms with Crippen LogP contribution in [0.4, 0.5) is 0 Å². The van der Waals surface area contributed by atoms with Gasteiger partial charge in [0.2, 0.25) is 0 Å². The van der Waals surface area contributed by atoms with Crippen molar-refractivity contribution in [1.82, 2.24) is 0 Å². The standard InChI is InChI=1S/C17H12P.C7H9.2ClH.Ti/c1-2-6-14-10-17(9-13(14)5-1)18-11-15-7-3-4-8-16(15)12-18;1-6-4-3-5-7(6)2;;;/h1-12H;4H,3H2,1-2H3;2*1H;/q2*-1;;;+4/p-2. The maximum absolute atomic E-state index is 3.19. The van der Waals surface area contributed by atoms with Gasteiger partial charge in [0.15, 0.2) is 0 Å². The topological polar surface area (TPSA) is 0 Å². The predicted octanol–water partition coefficient (Wildman–Crippen LogP) is 1.78. The van der Waals surface area contributed by atoms with Gasteiger partial charge in [-0.1, -0.05) is 42.6 Å². The molecule has 0 fully saturated rings. The fourth-order valence-corrected chi connectivity index (χ4v) is 5.18. The van der Waals surface area contributed by atoms with Crippen molar-refractivity contribution in [1.29, 1.82) is 0 Å². The molecular weight excluding hydrogens is 438 g/mol. The fraction of sp³-hybridized carbons (Fsp3) is 0.125. The van der Waals surface area contributed by atoms with E-state index in [1.54, 1.807) is 0 Å². The van der Waals surface area contributed by atoms with E-state index >= 15 is 0 Å². The van der Waals surface area contributed by atoms with Crippen molar-refractivity contribution in [2.45, 2.75) is 20.3 Å². The zero-order chi connectivity index (χ0) is 17.2. The Balaban J connectivity index is 0.000000341. The first-order valence-electron chi connectivity index (χ1n) is 8.68. The molecule has 0 N–H and O–H groups in total. The second-order valence-corrected chi connectivity index (χ2v) is 8.38. The Morgan fingerprint density at radius 1 is 0.857 bits per heavy atom. The minimum atomic E-state index is -0.264. The summed E-state index contributed by atoms with van der Waals surface area (Å²) in [7, 11) is -0.264. The maximum atomic E-state index is 3.19. The van der Waals surface area contributed by atoms with E-state index in [2.05, 4.69) is 98.3 Å². The molecule has 0 radical (unpaired) electrons. The van der Waals surface area contributed by atoms with Gasteiger partial charge >= 0.3 is 21.7 Å². The zero-order valence-electron chi connectivity index (χ0n) is 15.9. The normalized spacial score (nSPS) is 12.1. The van der Waals surface area contributed by atoms with Crippen LogP contribution in [0.25, 0.3) is 26.8 Å². The molecule has 0 nitrogen and oxygen atoms in total. The second-order valence-electron chi connectivity index (χ2n) is 6.53. The van der Waals surface area contributed by atoms with Crippen molar-refractivity contribution >= 4 is 29.1 Å². The van der Waals surface area contributed by atoms with Crippen molar-refractivity contribution in [3.8, 4) is 5.30 Å². The van der Waals surface area contributed by atoms with E-state index in [0.29, 0.717) is 0 Å².